The molecule has 5 heteroatoms. The maximum atomic E-state index is 5.72. The number of hydrogen-bond donors (Lipinski definition) is 1. The van der Waals surface area contributed by atoms with Crippen molar-refractivity contribution in [3.63, 3.8) is 0 Å². The Labute approximate surface area is 103 Å². The predicted octanol–water partition coefficient (Wildman–Crippen LogP) is 2.48. The van der Waals surface area contributed by atoms with Gasteiger partial charge in [-0.25, -0.2) is 9.97 Å². The molecule has 2 heterocycles. The number of nitrogens with zero attached hydrogens (tertiary/aromatic N) is 2. The van der Waals surface area contributed by atoms with E-state index in [2.05, 4.69) is 9.97 Å². The van der Waals surface area contributed by atoms with E-state index >= 15 is 0 Å². The molecule has 0 unspecified atom stereocenters. The Bertz CT molecular complexity index is 693. The molecule has 3 aromatic rings. The summed E-state index contributed by atoms with van der Waals surface area (Å²) in [6.07, 6.45) is 1.60. The topological polar surface area (TPSA) is 74.2 Å². The molecule has 0 aliphatic heterocycles. The van der Waals surface area contributed by atoms with Crippen LogP contribution >= 0.6 is 0 Å². The zero-order valence-electron chi connectivity index (χ0n) is 9.75. The van der Waals surface area contributed by atoms with Gasteiger partial charge in [-0.05, 0) is 24.3 Å². The van der Waals surface area contributed by atoms with Crippen molar-refractivity contribution in [2.24, 2.45) is 0 Å². The van der Waals surface area contributed by atoms with Gasteiger partial charge >= 0.3 is 0 Å². The first kappa shape index (κ1) is 10.6. The van der Waals surface area contributed by atoms with Crippen molar-refractivity contribution in [2.45, 2.75) is 0 Å². The van der Waals surface area contributed by atoms with Crippen LogP contribution in [0.4, 0.5) is 5.95 Å². The minimum absolute atomic E-state index is 0.210. The van der Waals surface area contributed by atoms with Gasteiger partial charge in [0.25, 0.3) is 0 Å². The molecule has 0 fully saturated rings. The van der Waals surface area contributed by atoms with Crippen LogP contribution in [0.5, 0.6) is 5.75 Å². The highest BCUT2D eigenvalue weighted by Gasteiger charge is 2.11. The Morgan fingerprint density at radius 3 is 2.83 bits per heavy atom. The Balaban J connectivity index is 2.31. The molecule has 18 heavy (non-hydrogen) atoms. The first-order valence-electron chi connectivity index (χ1n) is 5.43. The number of furan rings is 1. The summed E-state index contributed by atoms with van der Waals surface area (Å²) < 4.78 is 10.5. The van der Waals surface area contributed by atoms with Crippen LogP contribution in [0.3, 0.4) is 0 Å². The monoisotopic (exact) mass is 241 g/mol. The van der Waals surface area contributed by atoms with Crippen LogP contribution in [0.25, 0.3) is 22.4 Å². The summed E-state index contributed by atoms with van der Waals surface area (Å²) in [5.74, 6) is 1.60. The number of fused-ring (bicyclic) bond motifs is 1. The highest BCUT2D eigenvalue weighted by atomic mass is 16.5. The third-order valence-electron chi connectivity index (χ3n) is 2.68. The van der Waals surface area contributed by atoms with Gasteiger partial charge in [0, 0.05) is 11.5 Å². The lowest BCUT2D eigenvalue weighted by Gasteiger charge is -2.06. The van der Waals surface area contributed by atoms with Crippen LogP contribution in [0.1, 0.15) is 0 Å². The van der Waals surface area contributed by atoms with Crippen molar-refractivity contribution in [3.8, 4) is 17.2 Å². The Morgan fingerprint density at radius 2 is 2.11 bits per heavy atom. The van der Waals surface area contributed by atoms with Gasteiger partial charge in [0.05, 0.1) is 18.9 Å². The molecule has 0 atom stereocenters. The summed E-state index contributed by atoms with van der Waals surface area (Å²) in [6.45, 7) is 0. The van der Waals surface area contributed by atoms with E-state index in [4.69, 9.17) is 14.9 Å². The van der Waals surface area contributed by atoms with E-state index in [-0.39, 0.29) is 5.95 Å². The normalized spacial score (nSPS) is 10.7. The smallest absolute Gasteiger partial charge is 0.221 e. The van der Waals surface area contributed by atoms with Crippen molar-refractivity contribution in [2.75, 3.05) is 12.8 Å². The molecule has 0 amide bonds. The van der Waals surface area contributed by atoms with E-state index < -0.39 is 0 Å². The summed E-state index contributed by atoms with van der Waals surface area (Å²) in [7, 11) is 1.61. The van der Waals surface area contributed by atoms with E-state index in [1.807, 2.05) is 30.3 Å². The van der Waals surface area contributed by atoms with Gasteiger partial charge in [0.15, 0.2) is 5.76 Å². The molecule has 0 saturated heterocycles. The number of nitrogen functional groups attached to an aromatic ring is 1. The highest BCUT2D eigenvalue weighted by Crippen LogP contribution is 2.29. The molecule has 0 aliphatic rings. The van der Waals surface area contributed by atoms with Gasteiger partial charge < -0.3 is 14.9 Å². The number of benzene rings is 1. The molecule has 0 spiro atoms. The number of hydrogen-bond acceptors (Lipinski definition) is 5. The lowest BCUT2D eigenvalue weighted by Crippen LogP contribution is -1.98. The van der Waals surface area contributed by atoms with Crippen molar-refractivity contribution < 1.29 is 9.15 Å². The first-order valence-corrected chi connectivity index (χ1v) is 5.43. The van der Waals surface area contributed by atoms with Crippen molar-refractivity contribution in [1.82, 2.24) is 9.97 Å². The number of nitrogens with two attached hydrogens (primary N) is 1. The fourth-order valence-electron chi connectivity index (χ4n) is 1.86. The summed E-state index contributed by atoms with van der Waals surface area (Å²) in [4.78, 5) is 8.43. The summed E-state index contributed by atoms with van der Waals surface area (Å²) >= 11 is 0. The van der Waals surface area contributed by atoms with Gasteiger partial charge in [-0.15, -0.1) is 0 Å². The van der Waals surface area contributed by atoms with Crippen molar-refractivity contribution in [1.29, 1.82) is 0 Å². The number of methoxy groups -OCH3 is 1. The van der Waals surface area contributed by atoms with Gasteiger partial charge in [-0.1, -0.05) is 0 Å². The molecule has 0 saturated carbocycles. The van der Waals surface area contributed by atoms with Gasteiger partial charge in [-0.3, -0.25) is 0 Å². The number of anilines is 1. The second kappa shape index (κ2) is 4.03. The first-order chi connectivity index (χ1) is 8.78. The van der Waals surface area contributed by atoms with E-state index in [9.17, 15) is 0 Å². The Morgan fingerprint density at radius 1 is 1.22 bits per heavy atom. The minimum Gasteiger partial charge on any atom is -0.497 e. The quantitative estimate of drug-likeness (QED) is 0.746. The highest BCUT2D eigenvalue weighted by molar-refractivity contribution is 5.92. The summed E-state index contributed by atoms with van der Waals surface area (Å²) in [5.41, 5.74) is 7.13. The lowest BCUT2D eigenvalue weighted by molar-refractivity contribution is 0.415. The molecule has 0 bridgehead atoms. The Hall–Kier alpha value is -2.56. The van der Waals surface area contributed by atoms with Crippen LogP contribution in [-0.2, 0) is 0 Å². The van der Waals surface area contributed by atoms with E-state index in [0.29, 0.717) is 11.5 Å². The second-order valence-electron chi connectivity index (χ2n) is 3.79. The third kappa shape index (κ3) is 1.66. The minimum atomic E-state index is 0.210. The number of aromatic nitrogens is 2. The predicted molar refractivity (Wildman–Crippen MR) is 68.2 cm³/mol. The molecule has 1 aromatic carbocycles. The van der Waals surface area contributed by atoms with Crippen LogP contribution in [0, 0.1) is 0 Å². The molecule has 2 aromatic heterocycles. The fraction of sp³-hybridized carbons (Fsp3) is 0.0769. The molecular formula is C13H11N3O2. The summed E-state index contributed by atoms with van der Waals surface area (Å²) in [5, 5.41) is 0.875. The van der Waals surface area contributed by atoms with Crippen molar-refractivity contribution in [3.05, 3.63) is 36.6 Å². The second-order valence-corrected chi connectivity index (χ2v) is 3.79. The maximum Gasteiger partial charge on any atom is 0.221 e. The van der Waals surface area contributed by atoms with E-state index in [1.165, 1.54) is 0 Å². The number of ether oxygens (including phenoxy) is 1. The molecule has 2 N–H and O–H groups in total. The number of rotatable bonds is 2. The zero-order chi connectivity index (χ0) is 12.5. The van der Waals surface area contributed by atoms with Gasteiger partial charge in [0.1, 0.15) is 11.4 Å². The van der Waals surface area contributed by atoms with Crippen LogP contribution in [-0.4, -0.2) is 17.1 Å². The third-order valence-corrected chi connectivity index (χ3v) is 2.68. The van der Waals surface area contributed by atoms with Crippen molar-refractivity contribution >= 4 is 16.9 Å². The maximum absolute atomic E-state index is 5.72. The summed E-state index contributed by atoms with van der Waals surface area (Å²) in [6, 6.07) is 9.22. The molecule has 3 rings (SSSR count). The van der Waals surface area contributed by atoms with E-state index in [0.717, 1.165) is 16.7 Å². The molecule has 0 aliphatic carbocycles. The molecule has 5 nitrogen and oxygen atoms in total. The van der Waals surface area contributed by atoms with Crippen LogP contribution in [0.15, 0.2) is 41.0 Å². The molecule has 90 valence electrons. The molecule has 0 radical (unpaired) electrons. The van der Waals surface area contributed by atoms with Gasteiger partial charge in [0.2, 0.25) is 5.95 Å². The van der Waals surface area contributed by atoms with Gasteiger partial charge in [-0.2, -0.15) is 0 Å². The van der Waals surface area contributed by atoms with E-state index in [1.54, 1.807) is 13.4 Å². The Kier molecular flexibility index (Phi) is 2.37. The van der Waals surface area contributed by atoms with Crippen LogP contribution in [0.2, 0.25) is 0 Å². The zero-order valence-corrected chi connectivity index (χ0v) is 9.75. The average Bonchev–Trinajstić information content (AvgIpc) is 2.90. The SMILES string of the molecule is COc1ccc2c(-c3ccco3)nc(N)nc2c1. The van der Waals surface area contributed by atoms with Crippen LogP contribution < -0.4 is 10.5 Å². The standard InChI is InChI=1S/C13H11N3O2/c1-17-8-4-5-9-10(7-8)15-13(14)16-12(9)11-3-2-6-18-11/h2-7H,1H3,(H2,14,15,16). The molecular weight excluding hydrogens is 230 g/mol. The lowest BCUT2D eigenvalue weighted by atomic mass is 10.1. The fourth-order valence-corrected chi connectivity index (χ4v) is 1.86. The largest absolute Gasteiger partial charge is 0.497 e. The average molecular weight is 241 g/mol.